The lowest BCUT2D eigenvalue weighted by Gasteiger charge is -2.42. The molecule has 4 heteroatoms. The van der Waals surface area contributed by atoms with Gasteiger partial charge in [0.1, 0.15) is 0 Å². The summed E-state index contributed by atoms with van der Waals surface area (Å²) in [5.74, 6) is 0.268. The highest BCUT2D eigenvalue weighted by Crippen LogP contribution is 2.46. The molecule has 120 valence electrons. The Balaban J connectivity index is 1.47. The van der Waals surface area contributed by atoms with Crippen LogP contribution in [0.4, 0.5) is 0 Å². The molecule has 0 amide bonds. The summed E-state index contributed by atoms with van der Waals surface area (Å²) in [7, 11) is 2.27. The van der Waals surface area contributed by atoms with Crippen molar-refractivity contribution in [3.05, 3.63) is 34.3 Å². The zero-order valence-electron chi connectivity index (χ0n) is 13.3. The third kappa shape index (κ3) is 2.54. The quantitative estimate of drug-likeness (QED) is 0.792. The van der Waals surface area contributed by atoms with Gasteiger partial charge in [-0.15, -0.1) is 0 Å². The van der Waals surface area contributed by atoms with Gasteiger partial charge in [0.25, 0.3) is 0 Å². The molecule has 22 heavy (non-hydrogen) atoms. The normalized spacial score (nSPS) is 39.5. The monoisotopic (exact) mass is 365 g/mol. The molecule has 3 aliphatic rings. The summed E-state index contributed by atoms with van der Waals surface area (Å²) in [6.07, 6.45) is 4.79. The molecule has 3 aliphatic heterocycles. The Bertz CT molecular complexity index is 533. The minimum Gasteiger partial charge on any atom is -0.349 e. The molecule has 0 saturated carbocycles. The number of fused-ring (bicyclic) bond motifs is 2. The zero-order chi connectivity index (χ0) is 15.3. The number of halogens is 1. The lowest BCUT2D eigenvalue weighted by atomic mass is 9.87. The first-order valence-corrected chi connectivity index (χ1v) is 9.12. The predicted molar refractivity (Wildman–Crippen MR) is 89.9 cm³/mol. The first-order chi connectivity index (χ1) is 10.6. The van der Waals surface area contributed by atoms with Crippen LogP contribution >= 0.6 is 15.9 Å². The Morgan fingerprint density at radius 3 is 2.45 bits per heavy atom. The largest absolute Gasteiger partial charge is 0.349 e. The van der Waals surface area contributed by atoms with Crippen LogP contribution < -0.4 is 0 Å². The van der Waals surface area contributed by atoms with E-state index in [0.29, 0.717) is 12.1 Å². The van der Waals surface area contributed by atoms with Crippen molar-refractivity contribution in [1.29, 1.82) is 0 Å². The number of benzene rings is 1. The Morgan fingerprint density at radius 1 is 1.18 bits per heavy atom. The summed E-state index contributed by atoms with van der Waals surface area (Å²) in [5.41, 5.74) is 1.24. The van der Waals surface area contributed by atoms with Crippen LogP contribution in [0.15, 0.2) is 28.7 Å². The van der Waals surface area contributed by atoms with E-state index in [2.05, 4.69) is 59.1 Å². The summed E-state index contributed by atoms with van der Waals surface area (Å²) >= 11 is 3.49. The van der Waals surface area contributed by atoms with Gasteiger partial charge in [0, 0.05) is 22.5 Å². The lowest BCUT2D eigenvalue weighted by Crippen LogP contribution is -2.50. The molecule has 3 fully saturated rings. The highest BCUT2D eigenvalue weighted by Gasteiger charge is 2.52. The number of ether oxygens (including phenoxy) is 2. The Kier molecular flexibility index (Phi) is 3.84. The van der Waals surface area contributed by atoms with Gasteiger partial charge < -0.3 is 14.4 Å². The summed E-state index contributed by atoms with van der Waals surface area (Å²) < 4.78 is 13.7. The molecular weight excluding hydrogens is 342 g/mol. The number of hydrogen-bond donors (Lipinski definition) is 0. The smallest absolute Gasteiger partial charge is 0.165 e. The first kappa shape index (κ1) is 15.1. The Labute approximate surface area is 141 Å². The fourth-order valence-corrected chi connectivity index (χ4v) is 4.72. The van der Waals surface area contributed by atoms with Gasteiger partial charge in [-0.2, -0.15) is 0 Å². The maximum absolute atomic E-state index is 6.50. The number of piperidine rings is 1. The van der Waals surface area contributed by atoms with E-state index in [-0.39, 0.29) is 17.8 Å². The van der Waals surface area contributed by atoms with Crippen molar-refractivity contribution >= 4 is 15.9 Å². The van der Waals surface area contributed by atoms with Gasteiger partial charge in [-0.3, -0.25) is 0 Å². The minimum absolute atomic E-state index is 0.0351. The second kappa shape index (κ2) is 5.59. The van der Waals surface area contributed by atoms with Crippen LogP contribution in [0.5, 0.6) is 0 Å². The average Bonchev–Trinajstić information content (AvgIpc) is 2.99. The molecular formula is C18H24BrNO2. The van der Waals surface area contributed by atoms with E-state index in [0.717, 1.165) is 23.9 Å². The molecule has 1 aromatic carbocycles. The van der Waals surface area contributed by atoms with Crippen LogP contribution in [0.1, 0.15) is 44.1 Å². The Morgan fingerprint density at radius 2 is 1.82 bits per heavy atom. The topological polar surface area (TPSA) is 21.7 Å². The number of nitrogens with zero attached hydrogens (tertiary/aromatic N) is 1. The molecule has 4 rings (SSSR count). The van der Waals surface area contributed by atoms with E-state index < -0.39 is 0 Å². The van der Waals surface area contributed by atoms with Gasteiger partial charge in [-0.25, -0.2) is 0 Å². The molecule has 3 unspecified atom stereocenters. The third-order valence-electron chi connectivity index (χ3n) is 5.88. The van der Waals surface area contributed by atoms with Gasteiger partial charge in [0.2, 0.25) is 0 Å². The molecule has 3 heterocycles. The fourth-order valence-electron chi connectivity index (χ4n) is 4.46. The molecule has 5 atom stereocenters. The molecule has 0 aliphatic carbocycles. The SMILES string of the molecule is CC(c1ccc(Br)cc1)C1OCC2(C[C@H]3CC[C@@H](C2)N3C)O1. The van der Waals surface area contributed by atoms with Crippen LogP contribution in [0.3, 0.4) is 0 Å². The maximum atomic E-state index is 6.50. The van der Waals surface area contributed by atoms with Crippen molar-refractivity contribution in [2.45, 2.75) is 62.5 Å². The van der Waals surface area contributed by atoms with Gasteiger partial charge in [0.15, 0.2) is 6.29 Å². The van der Waals surface area contributed by atoms with Crippen LogP contribution in [0.25, 0.3) is 0 Å². The maximum Gasteiger partial charge on any atom is 0.165 e. The molecule has 3 nitrogen and oxygen atoms in total. The number of hydrogen-bond acceptors (Lipinski definition) is 3. The lowest BCUT2D eigenvalue weighted by molar-refractivity contribution is -0.124. The highest BCUT2D eigenvalue weighted by molar-refractivity contribution is 9.10. The van der Waals surface area contributed by atoms with Gasteiger partial charge in [-0.1, -0.05) is 35.0 Å². The summed E-state index contributed by atoms with van der Waals surface area (Å²) in [5, 5.41) is 0. The second-order valence-corrected chi connectivity index (χ2v) is 8.19. The van der Waals surface area contributed by atoms with Gasteiger partial charge in [-0.05, 0) is 50.4 Å². The van der Waals surface area contributed by atoms with Crippen molar-refractivity contribution < 1.29 is 9.47 Å². The van der Waals surface area contributed by atoms with E-state index in [1.807, 2.05) is 0 Å². The van der Waals surface area contributed by atoms with E-state index in [1.165, 1.54) is 18.4 Å². The van der Waals surface area contributed by atoms with Crippen LogP contribution in [0.2, 0.25) is 0 Å². The van der Waals surface area contributed by atoms with Crippen molar-refractivity contribution in [2.24, 2.45) is 0 Å². The summed E-state index contributed by atoms with van der Waals surface area (Å²) in [6.45, 7) is 2.97. The molecule has 1 spiro atoms. The molecule has 3 saturated heterocycles. The minimum atomic E-state index is -0.107. The highest BCUT2D eigenvalue weighted by atomic mass is 79.9. The molecule has 0 aromatic heterocycles. The molecule has 0 N–H and O–H groups in total. The van der Waals surface area contributed by atoms with Crippen LogP contribution in [0, 0.1) is 0 Å². The predicted octanol–water partition coefficient (Wildman–Crippen LogP) is 3.92. The fraction of sp³-hybridized carbons (Fsp3) is 0.667. The molecule has 0 radical (unpaired) electrons. The third-order valence-corrected chi connectivity index (χ3v) is 6.41. The van der Waals surface area contributed by atoms with E-state index >= 15 is 0 Å². The van der Waals surface area contributed by atoms with Crippen molar-refractivity contribution in [1.82, 2.24) is 4.90 Å². The Hall–Kier alpha value is -0.420. The standard InChI is InChI=1S/C18H24BrNO2/c1-12(13-3-5-14(19)6-4-13)17-21-11-18(22-17)9-15-7-8-16(10-18)20(15)2/h3-6,12,15-17H,7-11H2,1-2H3/t12?,15-,16+,17?,18?. The van der Waals surface area contributed by atoms with Gasteiger partial charge >= 0.3 is 0 Å². The van der Waals surface area contributed by atoms with E-state index in [1.54, 1.807) is 0 Å². The molecule has 1 aromatic rings. The summed E-state index contributed by atoms with van der Waals surface area (Å²) in [6, 6.07) is 9.86. The van der Waals surface area contributed by atoms with Crippen molar-refractivity contribution in [2.75, 3.05) is 13.7 Å². The first-order valence-electron chi connectivity index (χ1n) is 8.33. The van der Waals surface area contributed by atoms with Crippen molar-refractivity contribution in [3.63, 3.8) is 0 Å². The van der Waals surface area contributed by atoms with E-state index in [4.69, 9.17) is 9.47 Å². The van der Waals surface area contributed by atoms with Gasteiger partial charge in [0.05, 0.1) is 12.2 Å². The van der Waals surface area contributed by atoms with Crippen LogP contribution in [-0.2, 0) is 9.47 Å². The van der Waals surface area contributed by atoms with E-state index in [9.17, 15) is 0 Å². The molecule has 2 bridgehead atoms. The van der Waals surface area contributed by atoms with Crippen LogP contribution in [-0.4, -0.2) is 42.5 Å². The summed E-state index contributed by atoms with van der Waals surface area (Å²) in [4.78, 5) is 2.56. The average molecular weight is 366 g/mol. The number of rotatable bonds is 2. The second-order valence-electron chi connectivity index (χ2n) is 7.28. The van der Waals surface area contributed by atoms with Crippen molar-refractivity contribution in [3.8, 4) is 0 Å². The zero-order valence-corrected chi connectivity index (χ0v) is 14.9.